The summed E-state index contributed by atoms with van der Waals surface area (Å²) < 4.78 is 10.7. The molecule has 8 nitrogen and oxygen atoms in total. The lowest BCUT2D eigenvalue weighted by Gasteiger charge is -2.25. The van der Waals surface area contributed by atoms with E-state index in [1.54, 1.807) is 20.8 Å². The molecule has 2 atom stereocenters. The van der Waals surface area contributed by atoms with E-state index in [-0.39, 0.29) is 31.0 Å². The molecule has 0 fully saturated rings. The molecule has 3 rings (SSSR count). The molecule has 230 valence electrons. The van der Waals surface area contributed by atoms with Crippen molar-refractivity contribution < 1.29 is 23.9 Å². The van der Waals surface area contributed by atoms with Crippen LogP contribution < -0.4 is 16.0 Å². The molecule has 0 spiro atoms. The third-order valence-corrected chi connectivity index (χ3v) is 6.78. The predicted octanol–water partition coefficient (Wildman–Crippen LogP) is 6.19. The normalized spacial score (nSPS) is 12.4. The van der Waals surface area contributed by atoms with Gasteiger partial charge in [0.1, 0.15) is 12.2 Å². The van der Waals surface area contributed by atoms with E-state index in [4.69, 9.17) is 9.47 Å². The molecular formula is C35H45N3O5. The molecule has 0 heterocycles. The Balaban J connectivity index is 1.54. The molecule has 0 radical (unpaired) electrons. The Bertz CT molecular complexity index is 1250. The minimum Gasteiger partial charge on any atom is -0.445 e. The Hall–Kier alpha value is -4.33. The van der Waals surface area contributed by atoms with Crippen LogP contribution in [0.2, 0.25) is 0 Å². The Morgan fingerprint density at radius 3 is 1.91 bits per heavy atom. The Labute approximate surface area is 255 Å². The van der Waals surface area contributed by atoms with E-state index in [1.165, 1.54) is 5.56 Å². The molecular weight excluding hydrogens is 542 g/mol. The standard InChI is InChI=1S/C35H45N3O5/c1-35(2,3)43-34(41)38-31(20-13-23-36-33(40)42-26-29-18-11-6-12-19-29)25-37-32(39)30(24-28-16-9-5-10-17-28)22-21-27-14-7-4-8-15-27/h4-12,14-19,30-31H,13,20-26H2,1-3H3,(H,36,40)(H,37,39)(H,38,41)/t30?,31-/m0/s1. The molecule has 8 heteroatoms. The molecule has 3 aromatic carbocycles. The number of nitrogens with one attached hydrogen (secondary N) is 3. The molecule has 0 aromatic heterocycles. The fourth-order valence-corrected chi connectivity index (χ4v) is 4.59. The quantitative estimate of drug-likeness (QED) is 0.184. The molecule has 43 heavy (non-hydrogen) atoms. The maximum Gasteiger partial charge on any atom is 0.407 e. The number of benzene rings is 3. The first-order chi connectivity index (χ1) is 20.7. The molecule has 3 amide bonds. The van der Waals surface area contributed by atoms with Crippen molar-refractivity contribution in [1.82, 2.24) is 16.0 Å². The van der Waals surface area contributed by atoms with Crippen LogP contribution in [0, 0.1) is 5.92 Å². The third-order valence-electron chi connectivity index (χ3n) is 6.78. The van der Waals surface area contributed by atoms with Crippen LogP contribution in [-0.2, 0) is 33.7 Å². The monoisotopic (exact) mass is 587 g/mol. The second-order valence-corrected chi connectivity index (χ2v) is 11.6. The van der Waals surface area contributed by atoms with Gasteiger partial charge in [-0.2, -0.15) is 0 Å². The molecule has 0 aliphatic carbocycles. The molecule has 0 saturated carbocycles. The summed E-state index contributed by atoms with van der Waals surface area (Å²) in [4.78, 5) is 38.2. The predicted molar refractivity (Wildman–Crippen MR) is 168 cm³/mol. The number of ether oxygens (including phenoxy) is 2. The molecule has 1 unspecified atom stereocenters. The van der Waals surface area contributed by atoms with E-state index < -0.39 is 17.8 Å². The van der Waals surface area contributed by atoms with E-state index >= 15 is 0 Å². The smallest absolute Gasteiger partial charge is 0.407 e. The van der Waals surface area contributed by atoms with E-state index in [0.717, 1.165) is 17.5 Å². The highest BCUT2D eigenvalue weighted by Gasteiger charge is 2.23. The Morgan fingerprint density at radius 2 is 1.30 bits per heavy atom. The van der Waals surface area contributed by atoms with Gasteiger partial charge in [0, 0.05) is 25.0 Å². The summed E-state index contributed by atoms with van der Waals surface area (Å²) >= 11 is 0. The minimum absolute atomic E-state index is 0.0570. The van der Waals surface area contributed by atoms with Gasteiger partial charge in [0.15, 0.2) is 0 Å². The SMILES string of the molecule is CC(C)(C)OC(=O)N[C@@H](CCCNC(=O)OCc1ccccc1)CNC(=O)C(CCc1ccccc1)Cc1ccccc1. The Morgan fingerprint density at radius 1 is 0.721 bits per heavy atom. The van der Waals surface area contributed by atoms with Gasteiger partial charge in [-0.25, -0.2) is 9.59 Å². The van der Waals surface area contributed by atoms with E-state index in [2.05, 4.69) is 28.1 Å². The molecule has 0 saturated heterocycles. The lowest BCUT2D eigenvalue weighted by molar-refractivity contribution is -0.125. The van der Waals surface area contributed by atoms with Gasteiger partial charge in [0.2, 0.25) is 5.91 Å². The second-order valence-electron chi connectivity index (χ2n) is 11.6. The average Bonchev–Trinajstić information content (AvgIpc) is 2.99. The zero-order chi connectivity index (χ0) is 30.9. The number of hydrogen-bond donors (Lipinski definition) is 3. The van der Waals surface area contributed by atoms with Crippen molar-refractivity contribution in [2.45, 2.75) is 71.1 Å². The van der Waals surface area contributed by atoms with Crippen molar-refractivity contribution in [2.75, 3.05) is 13.1 Å². The van der Waals surface area contributed by atoms with E-state index in [1.807, 2.05) is 78.9 Å². The molecule has 3 N–H and O–H groups in total. The molecule has 0 aliphatic rings. The van der Waals surface area contributed by atoms with Crippen molar-refractivity contribution in [3.05, 3.63) is 108 Å². The largest absolute Gasteiger partial charge is 0.445 e. The minimum atomic E-state index is -0.653. The number of hydrogen-bond acceptors (Lipinski definition) is 5. The van der Waals surface area contributed by atoms with Gasteiger partial charge in [-0.3, -0.25) is 4.79 Å². The maximum atomic E-state index is 13.5. The molecule has 3 aromatic rings. The van der Waals surface area contributed by atoms with Gasteiger partial charge in [-0.05, 0) is 69.6 Å². The summed E-state index contributed by atoms with van der Waals surface area (Å²) in [5, 5.41) is 8.71. The number of alkyl carbamates (subject to hydrolysis) is 2. The summed E-state index contributed by atoms with van der Waals surface area (Å²) in [5.74, 6) is -0.288. The highest BCUT2D eigenvalue weighted by molar-refractivity contribution is 5.79. The van der Waals surface area contributed by atoms with Gasteiger partial charge < -0.3 is 25.4 Å². The van der Waals surface area contributed by atoms with Gasteiger partial charge in [0.25, 0.3) is 0 Å². The van der Waals surface area contributed by atoms with Crippen LogP contribution >= 0.6 is 0 Å². The summed E-state index contributed by atoms with van der Waals surface area (Å²) in [6, 6.07) is 29.2. The fourth-order valence-electron chi connectivity index (χ4n) is 4.59. The van der Waals surface area contributed by atoms with Crippen molar-refractivity contribution in [3.8, 4) is 0 Å². The summed E-state index contributed by atoms with van der Waals surface area (Å²) in [7, 11) is 0. The lowest BCUT2D eigenvalue weighted by atomic mass is 9.92. The van der Waals surface area contributed by atoms with Crippen molar-refractivity contribution in [2.24, 2.45) is 5.92 Å². The third kappa shape index (κ3) is 13.9. The first kappa shape index (κ1) is 33.2. The number of carbonyl (C=O) groups excluding carboxylic acids is 3. The van der Waals surface area contributed by atoms with Crippen LogP contribution in [-0.4, -0.2) is 42.8 Å². The van der Waals surface area contributed by atoms with Crippen LogP contribution in [0.3, 0.4) is 0 Å². The van der Waals surface area contributed by atoms with Gasteiger partial charge in [-0.15, -0.1) is 0 Å². The van der Waals surface area contributed by atoms with E-state index in [0.29, 0.717) is 32.2 Å². The van der Waals surface area contributed by atoms with Crippen LogP contribution in [0.15, 0.2) is 91.0 Å². The summed E-state index contributed by atoms with van der Waals surface area (Å²) in [5.41, 5.74) is 2.54. The highest BCUT2D eigenvalue weighted by atomic mass is 16.6. The fraction of sp³-hybridized carbons (Fsp3) is 0.400. The molecule has 0 bridgehead atoms. The van der Waals surface area contributed by atoms with Crippen molar-refractivity contribution in [3.63, 3.8) is 0 Å². The maximum absolute atomic E-state index is 13.5. The number of carbonyl (C=O) groups is 3. The van der Waals surface area contributed by atoms with Gasteiger partial charge in [-0.1, -0.05) is 91.0 Å². The first-order valence-corrected chi connectivity index (χ1v) is 15.0. The van der Waals surface area contributed by atoms with Crippen LogP contribution in [0.5, 0.6) is 0 Å². The highest BCUT2D eigenvalue weighted by Crippen LogP contribution is 2.17. The van der Waals surface area contributed by atoms with Crippen LogP contribution in [0.4, 0.5) is 9.59 Å². The lowest BCUT2D eigenvalue weighted by Crippen LogP contribution is -2.47. The van der Waals surface area contributed by atoms with Crippen molar-refractivity contribution >= 4 is 18.1 Å². The number of amides is 3. The topological polar surface area (TPSA) is 106 Å². The number of aryl methyl sites for hydroxylation is 1. The van der Waals surface area contributed by atoms with Crippen LogP contribution in [0.1, 0.15) is 56.7 Å². The van der Waals surface area contributed by atoms with E-state index in [9.17, 15) is 14.4 Å². The molecule has 0 aliphatic heterocycles. The zero-order valence-electron chi connectivity index (χ0n) is 25.5. The van der Waals surface area contributed by atoms with Gasteiger partial charge in [0.05, 0.1) is 0 Å². The summed E-state index contributed by atoms with van der Waals surface area (Å²) in [6.45, 7) is 6.20. The Kier molecular flexibility index (Phi) is 13.6. The summed E-state index contributed by atoms with van der Waals surface area (Å²) in [6.07, 6.45) is 2.15. The van der Waals surface area contributed by atoms with Gasteiger partial charge >= 0.3 is 12.2 Å². The van der Waals surface area contributed by atoms with Crippen LogP contribution in [0.25, 0.3) is 0 Å². The average molecular weight is 588 g/mol. The first-order valence-electron chi connectivity index (χ1n) is 15.0. The number of rotatable bonds is 15. The van der Waals surface area contributed by atoms with Crippen molar-refractivity contribution in [1.29, 1.82) is 0 Å². The zero-order valence-corrected chi connectivity index (χ0v) is 25.5. The second kappa shape index (κ2) is 17.6.